The lowest BCUT2D eigenvalue weighted by Gasteiger charge is -2.33. The molecule has 0 amide bonds. The Labute approximate surface area is 115 Å². The Bertz CT molecular complexity index is 479. The predicted molar refractivity (Wildman–Crippen MR) is 76.4 cm³/mol. The van der Waals surface area contributed by atoms with Crippen LogP contribution in [-0.4, -0.2) is 33.3 Å². The van der Waals surface area contributed by atoms with Crippen LogP contribution < -0.4 is 15.0 Å². The van der Waals surface area contributed by atoms with Crippen LogP contribution in [0.5, 0.6) is 5.75 Å². The zero-order chi connectivity index (χ0) is 13.9. The number of rotatable bonds is 6. The molecule has 0 heterocycles. The maximum Gasteiger partial charge on any atom is 0.142 e. The van der Waals surface area contributed by atoms with Crippen LogP contribution in [0.4, 0.5) is 5.69 Å². The average molecular weight is 259 g/mol. The van der Waals surface area contributed by atoms with Crippen molar-refractivity contribution in [2.45, 2.75) is 18.4 Å². The van der Waals surface area contributed by atoms with Crippen LogP contribution in [0.1, 0.15) is 12.8 Å². The molecule has 1 fully saturated rings. The lowest BCUT2D eigenvalue weighted by molar-refractivity contribution is 0.391. The number of anilines is 1. The number of nitriles is 1. The van der Waals surface area contributed by atoms with Crippen molar-refractivity contribution >= 4 is 5.69 Å². The Hall–Kier alpha value is -1.73. The van der Waals surface area contributed by atoms with Gasteiger partial charge in [0.2, 0.25) is 0 Å². The van der Waals surface area contributed by atoms with Gasteiger partial charge in [0.25, 0.3) is 0 Å². The van der Waals surface area contributed by atoms with Crippen molar-refractivity contribution in [3.8, 4) is 11.8 Å². The number of benzene rings is 1. The van der Waals surface area contributed by atoms with Gasteiger partial charge in [0.15, 0.2) is 0 Å². The second-order valence-electron chi connectivity index (χ2n) is 5.14. The van der Waals surface area contributed by atoms with Gasteiger partial charge in [-0.2, -0.15) is 5.26 Å². The van der Waals surface area contributed by atoms with Crippen molar-refractivity contribution in [3.05, 3.63) is 24.3 Å². The number of hydrogen-bond donors (Lipinski definition) is 1. The quantitative estimate of drug-likeness (QED) is 0.849. The summed E-state index contributed by atoms with van der Waals surface area (Å²) < 4.78 is 5.38. The Morgan fingerprint density at radius 2 is 2.16 bits per heavy atom. The molecule has 1 saturated carbocycles. The van der Waals surface area contributed by atoms with Gasteiger partial charge in [-0.15, -0.1) is 0 Å². The summed E-state index contributed by atoms with van der Waals surface area (Å²) in [6.45, 7) is 0.658. The molecule has 4 nitrogen and oxygen atoms in total. The minimum atomic E-state index is -0.463. The minimum absolute atomic E-state index is 0.458. The van der Waals surface area contributed by atoms with E-state index in [1.165, 1.54) is 0 Å². The van der Waals surface area contributed by atoms with E-state index in [1.54, 1.807) is 7.11 Å². The summed E-state index contributed by atoms with van der Waals surface area (Å²) in [6.07, 6.45) is 2.27. The highest BCUT2D eigenvalue weighted by atomic mass is 16.5. The van der Waals surface area contributed by atoms with Gasteiger partial charge >= 0.3 is 0 Å². The van der Waals surface area contributed by atoms with Gasteiger partial charge in [-0.25, -0.2) is 0 Å². The fourth-order valence-corrected chi connectivity index (χ4v) is 2.58. The molecular formula is C15H21N3O. The van der Waals surface area contributed by atoms with Crippen LogP contribution in [0.3, 0.4) is 0 Å². The first-order chi connectivity index (χ1) is 9.16. The fraction of sp³-hybridized carbons (Fsp3) is 0.533. The number of ether oxygens (including phenoxy) is 1. The van der Waals surface area contributed by atoms with Crippen LogP contribution in [0.25, 0.3) is 0 Å². The molecule has 1 unspecified atom stereocenters. The van der Waals surface area contributed by atoms with Crippen molar-refractivity contribution in [1.82, 2.24) is 5.32 Å². The van der Waals surface area contributed by atoms with Crippen molar-refractivity contribution in [1.29, 1.82) is 5.26 Å². The summed E-state index contributed by atoms with van der Waals surface area (Å²) in [5.74, 6) is 1.29. The monoisotopic (exact) mass is 259 g/mol. The topological polar surface area (TPSA) is 48.3 Å². The smallest absolute Gasteiger partial charge is 0.142 e. The predicted octanol–water partition coefficient (Wildman–Crippen LogP) is 2.02. The van der Waals surface area contributed by atoms with Crippen molar-refractivity contribution < 1.29 is 4.74 Å². The Kier molecular flexibility index (Phi) is 3.96. The zero-order valence-electron chi connectivity index (χ0n) is 11.8. The van der Waals surface area contributed by atoms with Crippen LogP contribution in [0.2, 0.25) is 0 Å². The van der Waals surface area contributed by atoms with Gasteiger partial charge in [0.1, 0.15) is 11.3 Å². The van der Waals surface area contributed by atoms with Gasteiger partial charge in [-0.1, -0.05) is 12.1 Å². The second-order valence-corrected chi connectivity index (χ2v) is 5.14. The number of hydrogen-bond acceptors (Lipinski definition) is 4. The molecule has 0 aliphatic heterocycles. The molecule has 1 aliphatic carbocycles. The average Bonchev–Trinajstić information content (AvgIpc) is 3.29. The lowest BCUT2D eigenvalue weighted by atomic mass is 9.94. The van der Waals surface area contributed by atoms with Crippen LogP contribution >= 0.6 is 0 Å². The molecule has 1 aromatic carbocycles. The van der Waals surface area contributed by atoms with Crippen LogP contribution in [0, 0.1) is 17.2 Å². The summed E-state index contributed by atoms with van der Waals surface area (Å²) in [4.78, 5) is 2.09. The summed E-state index contributed by atoms with van der Waals surface area (Å²) >= 11 is 0. The van der Waals surface area contributed by atoms with Crippen molar-refractivity contribution in [3.63, 3.8) is 0 Å². The minimum Gasteiger partial charge on any atom is -0.495 e. The Balaban J connectivity index is 2.20. The third kappa shape index (κ3) is 2.66. The number of nitrogens with one attached hydrogen (secondary N) is 1. The molecule has 2 rings (SSSR count). The molecule has 1 aliphatic rings. The van der Waals surface area contributed by atoms with E-state index in [9.17, 15) is 5.26 Å². The summed E-state index contributed by atoms with van der Waals surface area (Å²) in [5, 5.41) is 12.8. The molecule has 0 aromatic heterocycles. The molecule has 0 radical (unpaired) electrons. The first kappa shape index (κ1) is 13.7. The van der Waals surface area contributed by atoms with E-state index in [0.717, 1.165) is 24.3 Å². The normalized spacial score (nSPS) is 17.4. The number of likely N-dealkylation sites (N-methyl/N-ethyl adjacent to an activating group) is 2. The molecular weight excluding hydrogens is 238 g/mol. The molecule has 0 spiro atoms. The van der Waals surface area contributed by atoms with Crippen LogP contribution in [-0.2, 0) is 0 Å². The van der Waals surface area contributed by atoms with Crippen LogP contribution in [0.15, 0.2) is 24.3 Å². The number of para-hydroxylation sites is 2. The molecule has 19 heavy (non-hydrogen) atoms. The third-order valence-electron chi connectivity index (χ3n) is 3.90. The highest BCUT2D eigenvalue weighted by Gasteiger charge is 2.45. The van der Waals surface area contributed by atoms with Gasteiger partial charge in [-0.05, 0) is 37.9 Å². The molecule has 0 saturated heterocycles. The molecule has 1 aromatic rings. The van der Waals surface area contributed by atoms with E-state index in [1.807, 2.05) is 38.4 Å². The zero-order valence-corrected chi connectivity index (χ0v) is 11.8. The van der Waals surface area contributed by atoms with Gasteiger partial charge < -0.3 is 15.0 Å². The maximum absolute atomic E-state index is 9.54. The van der Waals surface area contributed by atoms with Gasteiger partial charge in [-0.3, -0.25) is 0 Å². The largest absolute Gasteiger partial charge is 0.495 e. The first-order valence-corrected chi connectivity index (χ1v) is 6.61. The van der Waals surface area contributed by atoms with E-state index in [-0.39, 0.29) is 0 Å². The van der Waals surface area contributed by atoms with Crippen molar-refractivity contribution in [2.24, 2.45) is 5.92 Å². The standard InChI is InChI=1S/C15H21N3O/c1-17-15(10-16,12-8-9-12)11-18(2)13-6-4-5-7-14(13)19-3/h4-7,12,17H,8-9,11H2,1-3H3. The van der Waals surface area contributed by atoms with Crippen molar-refractivity contribution in [2.75, 3.05) is 32.6 Å². The first-order valence-electron chi connectivity index (χ1n) is 6.61. The Morgan fingerprint density at radius 3 is 2.68 bits per heavy atom. The number of methoxy groups -OCH3 is 1. The van der Waals surface area contributed by atoms with E-state index < -0.39 is 5.54 Å². The maximum atomic E-state index is 9.54. The van der Waals surface area contributed by atoms with E-state index in [4.69, 9.17) is 4.74 Å². The SMILES string of the molecule is CNC(C#N)(CN(C)c1ccccc1OC)C1CC1. The summed E-state index contributed by atoms with van der Waals surface area (Å²) in [7, 11) is 5.55. The van der Waals surface area contributed by atoms with Gasteiger partial charge in [0, 0.05) is 13.6 Å². The van der Waals surface area contributed by atoms with E-state index in [0.29, 0.717) is 12.5 Å². The molecule has 102 valence electrons. The van der Waals surface area contributed by atoms with E-state index >= 15 is 0 Å². The summed E-state index contributed by atoms with van der Waals surface area (Å²) in [5.41, 5.74) is 0.552. The van der Waals surface area contributed by atoms with Gasteiger partial charge in [0.05, 0.1) is 18.9 Å². The fourth-order valence-electron chi connectivity index (χ4n) is 2.58. The molecule has 1 N–H and O–H groups in total. The Morgan fingerprint density at radius 1 is 1.47 bits per heavy atom. The number of nitrogens with zero attached hydrogens (tertiary/aromatic N) is 2. The summed E-state index contributed by atoms with van der Waals surface area (Å²) in [6, 6.07) is 10.4. The second kappa shape index (κ2) is 5.50. The lowest BCUT2D eigenvalue weighted by Crippen LogP contribution is -2.52. The highest BCUT2D eigenvalue weighted by molar-refractivity contribution is 5.58. The molecule has 1 atom stereocenters. The highest BCUT2D eigenvalue weighted by Crippen LogP contribution is 2.40. The third-order valence-corrected chi connectivity index (χ3v) is 3.90. The molecule has 0 bridgehead atoms. The molecule has 4 heteroatoms. The van der Waals surface area contributed by atoms with E-state index in [2.05, 4.69) is 16.3 Å².